The highest BCUT2D eigenvalue weighted by Gasteiger charge is 2.19. The van der Waals surface area contributed by atoms with E-state index in [1.165, 1.54) is 16.4 Å². The number of aryl methyl sites for hydroxylation is 1. The van der Waals surface area contributed by atoms with Gasteiger partial charge in [0.15, 0.2) is 11.4 Å². The molecule has 0 aromatic carbocycles. The number of aliphatic hydroxyl groups is 1. The van der Waals surface area contributed by atoms with Crippen LogP contribution in [0.1, 0.15) is 18.3 Å². The zero-order chi connectivity index (χ0) is 9.42. The molecule has 0 unspecified atom stereocenters. The van der Waals surface area contributed by atoms with Gasteiger partial charge >= 0.3 is 0 Å². The molecule has 1 aliphatic rings. The van der Waals surface area contributed by atoms with Gasteiger partial charge in [0.2, 0.25) is 0 Å². The summed E-state index contributed by atoms with van der Waals surface area (Å²) in [6.45, 7) is 1.59. The summed E-state index contributed by atoms with van der Waals surface area (Å²) in [7, 11) is 0. The molecule has 6 heteroatoms. The van der Waals surface area contributed by atoms with Crippen molar-refractivity contribution in [3.8, 4) is 0 Å². The average molecular weight is 199 g/mol. The predicted octanol–water partition coefficient (Wildman–Crippen LogP) is -0.0666. The molecule has 2 rings (SSSR count). The summed E-state index contributed by atoms with van der Waals surface area (Å²) >= 11 is 1.44. The highest BCUT2D eigenvalue weighted by atomic mass is 32.2. The van der Waals surface area contributed by atoms with Crippen molar-refractivity contribution in [3.63, 3.8) is 0 Å². The number of rotatable bonds is 0. The molecule has 1 N–H and O–H groups in total. The lowest BCUT2D eigenvalue weighted by Gasteiger charge is -2.20. The van der Waals surface area contributed by atoms with Crippen LogP contribution in [0.2, 0.25) is 0 Å². The van der Waals surface area contributed by atoms with Gasteiger partial charge in [0, 0.05) is 12.2 Å². The fourth-order valence-corrected chi connectivity index (χ4v) is 2.09. The van der Waals surface area contributed by atoms with Crippen LogP contribution < -0.4 is 5.56 Å². The number of fused-ring (bicyclic) bond motifs is 1. The van der Waals surface area contributed by atoms with Crippen molar-refractivity contribution < 1.29 is 5.11 Å². The third-order valence-corrected chi connectivity index (χ3v) is 2.83. The molecule has 0 bridgehead atoms. The molecule has 5 nitrogen and oxygen atoms in total. The fraction of sp³-hybridized carbons (Fsp3) is 0.571. The highest BCUT2D eigenvalue weighted by Crippen LogP contribution is 2.25. The van der Waals surface area contributed by atoms with Crippen LogP contribution in [0.15, 0.2) is 9.95 Å². The SMILES string of the molecule is Cc1nn2c(nc1=O)SCC[C@H]2O. The maximum atomic E-state index is 11.1. The Labute approximate surface area is 78.8 Å². The molecule has 1 aromatic rings. The number of aliphatic hydroxyl groups excluding tert-OH is 1. The van der Waals surface area contributed by atoms with Gasteiger partial charge in [0.1, 0.15) is 5.69 Å². The van der Waals surface area contributed by atoms with Crippen molar-refractivity contribution >= 4 is 11.8 Å². The van der Waals surface area contributed by atoms with Gasteiger partial charge in [-0.15, -0.1) is 0 Å². The molecule has 0 radical (unpaired) electrons. The van der Waals surface area contributed by atoms with E-state index in [2.05, 4.69) is 10.1 Å². The summed E-state index contributed by atoms with van der Waals surface area (Å²) in [4.78, 5) is 14.9. The van der Waals surface area contributed by atoms with Gasteiger partial charge in [-0.2, -0.15) is 10.1 Å². The van der Waals surface area contributed by atoms with Crippen molar-refractivity contribution in [2.24, 2.45) is 0 Å². The van der Waals surface area contributed by atoms with Crippen LogP contribution in [0.4, 0.5) is 0 Å². The molecule has 13 heavy (non-hydrogen) atoms. The fourth-order valence-electron chi connectivity index (χ4n) is 1.14. The first-order valence-corrected chi connectivity index (χ1v) is 4.95. The van der Waals surface area contributed by atoms with Gasteiger partial charge in [-0.3, -0.25) is 4.79 Å². The van der Waals surface area contributed by atoms with Gasteiger partial charge < -0.3 is 5.11 Å². The second-order valence-electron chi connectivity index (χ2n) is 2.85. The van der Waals surface area contributed by atoms with Crippen LogP contribution in [0.3, 0.4) is 0 Å². The Balaban J connectivity index is 2.58. The number of hydrogen-bond donors (Lipinski definition) is 1. The van der Waals surface area contributed by atoms with E-state index >= 15 is 0 Å². The normalized spacial score (nSPS) is 21.2. The van der Waals surface area contributed by atoms with Crippen LogP contribution in [0, 0.1) is 6.92 Å². The Hall–Kier alpha value is -0.880. The van der Waals surface area contributed by atoms with Gasteiger partial charge in [0.25, 0.3) is 5.56 Å². The third-order valence-electron chi connectivity index (χ3n) is 1.85. The van der Waals surface area contributed by atoms with Gasteiger partial charge in [-0.05, 0) is 6.92 Å². The zero-order valence-electron chi connectivity index (χ0n) is 7.10. The lowest BCUT2D eigenvalue weighted by Crippen LogP contribution is -2.27. The Morgan fingerprint density at radius 2 is 2.46 bits per heavy atom. The molecule has 0 saturated heterocycles. The van der Waals surface area contributed by atoms with Crippen LogP contribution in [-0.2, 0) is 0 Å². The van der Waals surface area contributed by atoms with E-state index in [1.807, 2.05) is 0 Å². The molecule has 0 amide bonds. The molecule has 70 valence electrons. The van der Waals surface area contributed by atoms with Crippen molar-refractivity contribution in [2.75, 3.05) is 5.75 Å². The summed E-state index contributed by atoms with van der Waals surface area (Å²) in [6.07, 6.45) is 0.0114. The predicted molar refractivity (Wildman–Crippen MR) is 47.6 cm³/mol. The summed E-state index contributed by atoms with van der Waals surface area (Å²) in [5.41, 5.74) is 0.0122. The van der Waals surface area contributed by atoms with E-state index in [0.717, 1.165) is 5.75 Å². The second kappa shape index (κ2) is 3.12. The minimum atomic E-state index is -0.636. The lowest BCUT2D eigenvalue weighted by molar-refractivity contribution is 0.0691. The molecular formula is C7H9N3O2S. The van der Waals surface area contributed by atoms with Crippen molar-refractivity contribution in [2.45, 2.75) is 24.7 Å². The van der Waals surface area contributed by atoms with E-state index < -0.39 is 6.23 Å². The van der Waals surface area contributed by atoms with E-state index in [9.17, 15) is 9.90 Å². The van der Waals surface area contributed by atoms with Gasteiger partial charge in [-0.1, -0.05) is 11.8 Å². The number of hydrogen-bond acceptors (Lipinski definition) is 5. The van der Waals surface area contributed by atoms with Crippen molar-refractivity contribution in [3.05, 3.63) is 16.0 Å². The Kier molecular flexibility index (Phi) is 2.09. The molecule has 0 saturated carbocycles. The first-order chi connectivity index (χ1) is 6.18. The van der Waals surface area contributed by atoms with Crippen LogP contribution >= 0.6 is 11.8 Å². The van der Waals surface area contributed by atoms with Crippen LogP contribution in [0.5, 0.6) is 0 Å². The highest BCUT2D eigenvalue weighted by molar-refractivity contribution is 7.99. The summed E-state index contributed by atoms with van der Waals surface area (Å²) in [5.74, 6) is 0.776. The van der Waals surface area contributed by atoms with Crippen LogP contribution in [-0.4, -0.2) is 25.6 Å². The van der Waals surface area contributed by atoms with Gasteiger partial charge in [0.05, 0.1) is 0 Å². The minimum absolute atomic E-state index is 0.312. The summed E-state index contributed by atoms with van der Waals surface area (Å²) in [6, 6.07) is 0. The molecule has 0 fully saturated rings. The quantitative estimate of drug-likeness (QED) is 0.633. The molecule has 1 aliphatic heterocycles. The van der Waals surface area contributed by atoms with Crippen molar-refractivity contribution in [1.82, 2.24) is 14.8 Å². The largest absolute Gasteiger partial charge is 0.372 e. The summed E-state index contributed by atoms with van der Waals surface area (Å²) in [5, 5.41) is 14.0. The van der Waals surface area contributed by atoms with E-state index in [-0.39, 0.29) is 5.56 Å². The van der Waals surface area contributed by atoms with E-state index in [1.54, 1.807) is 6.92 Å². The molecule has 1 aromatic heterocycles. The lowest BCUT2D eigenvalue weighted by atomic mass is 10.4. The molecular weight excluding hydrogens is 190 g/mol. The second-order valence-corrected chi connectivity index (χ2v) is 3.91. The topological polar surface area (TPSA) is 68.0 Å². The molecule has 1 atom stereocenters. The van der Waals surface area contributed by atoms with E-state index in [4.69, 9.17) is 0 Å². The molecule has 0 aliphatic carbocycles. The number of aromatic nitrogens is 3. The molecule has 2 heterocycles. The minimum Gasteiger partial charge on any atom is -0.372 e. The van der Waals surface area contributed by atoms with E-state index in [0.29, 0.717) is 17.3 Å². The van der Waals surface area contributed by atoms with Crippen LogP contribution in [0.25, 0.3) is 0 Å². The number of nitrogens with zero attached hydrogens (tertiary/aromatic N) is 3. The third kappa shape index (κ3) is 1.47. The first-order valence-electron chi connectivity index (χ1n) is 3.97. The first kappa shape index (κ1) is 8.71. The standard InChI is InChI=1S/C7H9N3O2S/c1-4-6(12)8-7-10(9-4)5(11)2-3-13-7/h5,11H,2-3H2,1H3/t5-/m1/s1. The monoisotopic (exact) mass is 199 g/mol. The Morgan fingerprint density at radius 3 is 3.23 bits per heavy atom. The van der Waals surface area contributed by atoms with Crippen molar-refractivity contribution in [1.29, 1.82) is 0 Å². The summed E-state index contributed by atoms with van der Waals surface area (Å²) < 4.78 is 1.41. The Bertz CT molecular complexity index is 390. The maximum absolute atomic E-state index is 11.1. The Morgan fingerprint density at radius 1 is 1.69 bits per heavy atom. The smallest absolute Gasteiger partial charge is 0.295 e. The molecule has 0 spiro atoms. The van der Waals surface area contributed by atoms with Gasteiger partial charge in [-0.25, -0.2) is 4.68 Å². The number of thioether (sulfide) groups is 1. The maximum Gasteiger partial charge on any atom is 0.295 e. The zero-order valence-corrected chi connectivity index (χ0v) is 7.91. The average Bonchev–Trinajstić information content (AvgIpc) is 2.09.